The minimum Gasteiger partial charge on any atom is -0.338 e. The minimum absolute atomic E-state index is 0.0289. The van der Waals surface area contributed by atoms with Crippen molar-refractivity contribution in [2.75, 3.05) is 13.1 Å². The number of aromatic amines is 1. The molecule has 0 unspecified atom stereocenters. The van der Waals surface area contributed by atoms with Crippen LogP contribution in [0.2, 0.25) is 0 Å². The van der Waals surface area contributed by atoms with Crippen molar-refractivity contribution >= 4 is 5.91 Å². The van der Waals surface area contributed by atoms with Gasteiger partial charge in [-0.1, -0.05) is 13.8 Å². The van der Waals surface area contributed by atoms with Crippen molar-refractivity contribution in [3.63, 3.8) is 0 Å². The van der Waals surface area contributed by atoms with E-state index in [9.17, 15) is 4.79 Å². The Labute approximate surface area is 152 Å². The third-order valence-electron chi connectivity index (χ3n) is 5.39. The second-order valence-electron chi connectivity index (χ2n) is 7.60. The molecule has 1 saturated carbocycles. The maximum Gasteiger partial charge on any atom is 0.255 e. The van der Waals surface area contributed by atoms with Gasteiger partial charge >= 0.3 is 0 Å². The summed E-state index contributed by atoms with van der Waals surface area (Å²) in [6.07, 6.45) is 3.95. The molecule has 2 fully saturated rings. The molecule has 0 aromatic carbocycles. The van der Waals surface area contributed by atoms with Gasteiger partial charge in [0.1, 0.15) is 17.6 Å². The molecule has 7 nitrogen and oxygen atoms in total. The van der Waals surface area contributed by atoms with Crippen LogP contribution in [-0.4, -0.2) is 44.1 Å². The van der Waals surface area contributed by atoms with E-state index >= 15 is 0 Å². The van der Waals surface area contributed by atoms with Crippen LogP contribution < -0.4 is 0 Å². The van der Waals surface area contributed by atoms with E-state index in [2.05, 4.69) is 34.0 Å². The number of aromatic nitrogens is 4. The van der Waals surface area contributed by atoms with Gasteiger partial charge < -0.3 is 4.90 Å². The van der Waals surface area contributed by atoms with Crippen LogP contribution in [0, 0.1) is 23.2 Å². The number of carbonyl (C=O) groups is 1. The fourth-order valence-electron chi connectivity index (χ4n) is 3.77. The predicted octanol–water partition coefficient (Wildman–Crippen LogP) is 2.46. The van der Waals surface area contributed by atoms with Crippen LogP contribution in [0.25, 0.3) is 0 Å². The number of H-pyrrole nitrogens is 1. The van der Waals surface area contributed by atoms with Gasteiger partial charge in [-0.3, -0.25) is 9.89 Å². The summed E-state index contributed by atoms with van der Waals surface area (Å²) in [7, 11) is 0. The van der Waals surface area contributed by atoms with Gasteiger partial charge in [0.05, 0.1) is 5.56 Å². The highest BCUT2D eigenvalue weighted by atomic mass is 16.2. The molecule has 2 aliphatic rings. The first-order valence-corrected chi connectivity index (χ1v) is 9.14. The molecule has 0 bridgehead atoms. The van der Waals surface area contributed by atoms with Gasteiger partial charge in [0, 0.05) is 31.1 Å². The van der Waals surface area contributed by atoms with Crippen LogP contribution >= 0.6 is 0 Å². The first kappa shape index (κ1) is 16.7. The van der Waals surface area contributed by atoms with Crippen LogP contribution in [0.15, 0.2) is 18.3 Å². The van der Waals surface area contributed by atoms with E-state index in [4.69, 9.17) is 5.26 Å². The average Bonchev–Trinajstić information content (AvgIpc) is 3.21. The van der Waals surface area contributed by atoms with Gasteiger partial charge in [0.2, 0.25) is 0 Å². The second kappa shape index (κ2) is 6.52. The summed E-state index contributed by atoms with van der Waals surface area (Å²) < 4.78 is 0. The number of amides is 1. The van der Waals surface area contributed by atoms with E-state index in [1.54, 1.807) is 12.1 Å². The molecule has 4 rings (SSSR count). The highest BCUT2D eigenvalue weighted by Gasteiger charge is 2.45. The van der Waals surface area contributed by atoms with Crippen molar-refractivity contribution < 1.29 is 4.79 Å². The van der Waals surface area contributed by atoms with Crippen molar-refractivity contribution in [2.45, 2.75) is 38.5 Å². The summed E-state index contributed by atoms with van der Waals surface area (Å²) >= 11 is 0. The van der Waals surface area contributed by atoms with Crippen molar-refractivity contribution in [3.8, 4) is 6.07 Å². The van der Waals surface area contributed by atoms with Crippen LogP contribution in [0.4, 0.5) is 0 Å². The molecule has 3 heterocycles. The van der Waals surface area contributed by atoms with Crippen molar-refractivity contribution in [1.82, 2.24) is 25.1 Å². The SMILES string of the molecule is CC(C)c1n[nH]c([C@H]2CN(C(=O)c3ccc(C#N)nc3)C[C@@H]2C2CC2)n1. The third-order valence-corrected chi connectivity index (χ3v) is 5.39. The van der Waals surface area contributed by atoms with Crippen LogP contribution in [0.1, 0.15) is 66.2 Å². The smallest absolute Gasteiger partial charge is 0.255 e. The Morgan fingerprint density at radius 2 is 2.15 bits per heavy atom. The molecule has 2 aromatic heterocycles. The minimum atomic E-state index is -0.0289. The Hall–Kier alpha value is -2.75. The number of hydrogen-bond acceptors (Lipinski definition) is 5. The number of nitrogens with one attached hydrogen (secondary N) is 1. The molecule has 1 aliphatic carbocycles. The number of hydrogen-bond donors (Lipinski definition) is 1. The number of likely N-dealkylation sites (tertiary alicyclic amines) is 1. The van der Waals surface area contributed by atoms with E-state index in [-0.39, 0.29) is 17.7 Å². The molecule has 7 heteroatoms. The molecule has 1 saturated heterocycles. The van der Waals surface area contributed by atoms with Crippen LogP contribution in [0.3, 0.4) is 0 Å². The van der Waals surface area contributed by atoms with E-state index in [0.717, 1.165) is 18.2 Å². The molecular weight excluding hydrogens is 328 g/mol. The number of carbonyl (C=O) groups excluding carboxylic acids is 1. The lowest BCUT2D eigenvalue weighted by Gasteiger charge is -2.16. The zero-order valence-corrected chi connectivity index (χ0v) is 15.0. The highest BCUT2D eigenvalue weighted by molar-refractivity contribution is 5.94. The molecule has 134 valence electrons. The summed E-state index contributed by atoms with van der Waals surface area (Å²) in [5.74, 6) is 3.29. The molecule has 1 aliphatic heterocycles. The Morgan fingerprint density at radius 3 is 2.73 bits per heavy atom. The highest BCUT2D eigenvalue weighted by Crippen LogP contribution is 2.47. The monoisotopic (exact) mass is 350 g/mol. The normalized spacial score (nSPS) is 22.6. The van der Waals surface area contributed by atoms with Crippen molar-refractivity contribution in [1.29, 1.82) is 5.26 Å². The molecule has 26 heavy (non-hydrogen) atoms. The summed E-state index contributed by atoms with van der Waals surface area (Å²) in [5.41, 5.74) is 0.846. The molecule has 0 radical (unpaired) electrons. The van der Waals surface area contributed by atoms with Crippen LogP contribution in [0.5, 0.6) is 0 Å². The fraction of sp³-hybridized carbons (Fsp3) is 0.526. The summed E-state index contributed by atoms with van der Waals surface area (Å²) in [4.78, 5) is 23.5. The molecule has 1 amide bonds. The Morgan fingerprint density at radius 1 is 1.35 bits per heavy atom. The maximum atomic E-state index is 12.9. The van der Waals surface area contributed by atoms with Crippen LogP contribution in [-0.2, 0) is 0 Å². The van der Waals surface area contributed by atoms with Gasteiger partial charge in [0.25, 0.3) is 5.91 Å². The average molecular weight is 350 g/mol. The summed E-state index contributed by atoms with van der Waals surface area (Å²) in [6.45, 7) is 5.54. The number of nitriles is 1. The van der Waals surface area contributed by atoms with Gasteiger partial charge in [-0.25, -0.2) is 9.97 Å². The van der Waals surface area contributed by atoms with Crippen molar-refractivity contribution in [3.05, 3.63) is 41.2 Å². The second-order valence-corrected chi connectivity index (χ2v) is 7.60. The Balaban J connectivity index is 1.55. The number of rotatable bonds is 4. The molecule has 0 spiro atoms. The summed E-state index contributed by atoms with van der Waals surface area (Å²) in [6, 6.07) is 5.24. The topological polar surface area (TPSA) is 98.6 Å². The van der Waals surface area contributed by atoms with E-state index in [0.29, 0.717) is 29.6 Å². The lowest BCUT2D eigenvalue weighted by molar-refractivity contribution is 0.0784. The molecule has 1 N–H and O–H groups in total. The number of nitrogens with zero attached hydrogens (tertiary/aromatic N) is 5. The Bertz CT molecular complexity index is 846. The van der Waals surface area contributed by atoms with Gasteiger partial charge in [-0.15, -0.1) is 0 Å². The zero-order chi connectivity index (χ0) is 18.3. The number of pyridine rings is 1. The van der Waals surface area contributed by atoms with Gasteiger partial charge in [0.15, 0.2) is 5.82 Å². The quantitative estimate of drug-likeness (QED) is 0.913. The van der Waals surface area contributed by atoms with E-state index in [1.807, 2.05) is 11.0 Å². The zero-order valence-electron chi connectivity index (χ0n) is 15.0. The first-order chi connectivity index (χ1) is 12.6. The summed E-state index contributed by atoms with van der Waals surface area (Å²) in [5, 5.41) is 16.3. The van der Waals surface area contributed by atoms with Crippen molar-refractivity contribution in [2.24, 2.45) is 11.8 Å². The van der Waals surface area contributed by atoms with E-state index < -0.39 is 0 Å². The lowest BCUT2D eigenvalue weighted by atomic mass is 9.91. The first-order valence-electron chi connectivity index (χ1n) is 9.14. The molecule has 2 atom stereocenters. The standard InChI is InChI=1S/C19H22N6O/c1-11(2)17-22-18(24-23-17)16-10-25(9-15(16)12-3-4-12)19(26)13-5-6-14(7-20)21-8-13/h5-6,8,11-12,15-16H,3-4,9-10H2,1-2H3,(H,22,23,24)/t15-,16+/m1/s1. The predicted molar refractivity (Wildman–Crippen MR) is 94.3 cm³/mol. The van der Waals surface area contributed by atoms with Gasteiger partial charge in [-0.2, -0.15) is 10.4 Å². The maximum absolute atomic E-state index is 12.9. The van der Waals surface area contributed by atoms with E-state index in [1.165, 1.54) is 19.0 Å². The fourth-order valence-corrected chi connectivity index (χ4v) is 3.77. The lowest BCUT2D eigenvalue weighted by Crippen LogP contribution is -2.29. The Kier molecular flexibility index (Phi) is 4.19. The molecule has 2 aromatic rings. The van der Waals surface area contributed by atoms with Gasteiger partial charge in [-0.05, 0) is 36.8 Å². The third kappa shape index (κ3) is 3.07. The largest absolute Gasteiger partial charge is 0.338 e. The molecular formula is C19H22N6O.